The summed E-state index contributed by atoms with van der Waals surface area (Å²) in [4.78, 5) is 15.6. The second kappa shape index (κ2) is 5.20. The summed E-state index contributed by atoms with van der Waals surface area (Å²) in [5, 5.41) is 0. The SMILES string of the molecule is CCN(CC)C(=O)N1CCC(OC)C1. The highest BCUT2D eigenvalue weighted by Crippen LogP contribution is 2.13. The first kappa shape index (κ1) is 11.3. The molecule has 0 bridgehead atoms. The van der Waals surface area contributed by atoms with Crippen molar-refractivity contribution in [1.29, 1.82) is 0 Å². The maximum absolute atomic E-state index is 11.9. The summed E-state index contributed by atoms with van der Waals surface area (Å²) < 4.78 is 5.23. The molecule has 0 aromatic rings. The Morgan fingerprint density at radius 1 is 1.50 bits per heavy atom. The Hall–Kier alpha value is -0.770. The smallest absolute Gasteiger partial charge is 0.320 e. The van der Waals surface area contributed by atoms with Crippen molar-refractivity contribution in [1.82, 2.24) is 9.80 Å². The van der Waals surface area contributed by atoms with Gasteiger partial charge in [-0.1, -0.05) is 0 Å². The third kappa shape index (κ3) is 2.38. The molecule has 0 aliphatic carbocycles. The lowest BCUT2D eigenvalue weighted by Gasteiger charge is -2.25. The van der Waals surface area contributed by atoms with Gasteiger partial charge in [0.15, 0.2) is 0 Å². The summed E-state index contributed by atoms with van der Waals surface area (Å²) in [5.74, 6) is 0. The topological polar surface area (TPSA) is 32.8 Å². The van der Waals surface area contributed by atoms with Gasteiger partial charge in [-0.3, -0.25) is 0 Å². The maximum atomic E-state index is 11.9. The second-order valence-electron chi connectivity index (χ2n) is 3.55. The molecule has 0 aromatic heterocycles. The van der Waals surface area contributed by atoms with Crippen LogP contribution in [0.15, 0.2) is 0 Å². The fraction of sp³-hybridized carbons (Fsp3) is 0.900. The molecular weight excluding hydrogens is 180 g/mol. The molecule has 0 spiro atoms. The third-order valence-corrected chi connectivity index (χ3v) is 2.78. The molecule has 1 aliphatic heterocycles. The highest BCUT2D eigenvalue weighted by atomic mass is 16.5. The van der Waals surface area contributed by atoms with E-state index >= 15 is 0 Å². The standard InChI is InChI=1S/C10H20N2O2/c1-4-11(5-2)10(13)12-7-6-9(8-12)14-3/h9H,4-8H2,1-3H3. The minimum atomic E-state index is 0.148. The molecule has 0 N–H and O–H groups in total. The molecule has 14 heavy (non-hydrogen) atoms. The van der Waals surface area contributed by atoms with Crippen LogP contribution in [-0.2, 0) is 4.74 Å². The number of hydrogen-bond donors (Lipinski definition) is 0. The van der Waals surface area contributed by atoms with Crippen molar-refractivity contribution in [2.75, 3.05) is 33.3 Å². The maximum Gasteiger partial charge on any atom is 0.320 e. The van der Waals surface area contributed by atoms with Gasteiger partial charge >= 0.3 is 6.03 Å². The van der Waals surface area contributed by atoms with E-state index in [1.54, 1.807) is 7.11 Å². The summed E-state index contributed by atoms with van der Waals surface area (Å²) in [6.45, 7) is 7.14. The number of amides is 2. The third-order valence-electron chi connectivity index (χ3n) is 2.78. The molecule has 4 heteroatoms. The van der Waals surface area contributed by atoms with Gasteiger partial charge in [-0.25, -0.2) is 4.79 Å². The van der Waals surface area contributed by atoms with Crippen molar-refractivity contribution < 1.29 is 9.53 Å². The first-order valence-electron chi connectivity index (χ1n) is 5.29. The molecule has 0 saturated carbocycles. The summed E-state index contributed by atoms with van der Waals surface area (Å²) >= 11 is 0. The molecule has 1 atom stereocenters. The number of rotatable bonds is 3. The molecule has 0 radical (unpaired) electrons. The highest BCUT2D eigenvalue weighted by molar-refractivity contribution is 5.74. The molecule has 1 saturated heterocycles. The van der Waals surface area contributed by atoms with Crippen LogP contribution in [0.25, 0.3) is 0 Å². The first-order valence-corrected chi connectivity index (χ1v) is 5.29. The average Bonchev–Trinajstić information content (AvgIpc) is 2.67. The second-order valence-corrected chi connectivity index (χ2v) is 3.55. The Kier molecular flexibility index (Phi) is 4.20. The van der Waals surface area contributed by atoms with Gasteiger partial charge in [0.1, 0.15) is 0 Å². The lowest BCUT2D eigenvalue weighted by molar-refractivity contribution is 0.106. The van der Waals surface area contributed by atoms with Gasteiger partial charge in [-0.05, 0) is 20.3 Å². The normalized spacial score (nSPS) is 21.4. The van der Waals surface area contributed by atoms with Gasteiger partial charge in [-0.2, -0.15) is 0 Å². The van der Waals surface area contributed by atoms with Crippen LogP contribution in [0, 0.1) is 0 Å². The van der Waals surface area contributed by atoms with E-state index in [0.717, 1.165) is 32.6 Å². The van der Waals surface area contributed by atoms with Crippen molar-refractivity contribution in [3.05, 3.63) is 0 Å². The molecule has 1 aliphatic rings. The summed E-state index contributed by atoms with van der Waals surface area (Å²) in [6, 6.07) is 0.148. The van der Waals surface area contributed by atoms with Crippen LogP contribution in [0.1, 0.15) is 20.3 Å². The van der Waals surface area contributed by atoms with Crippen LogP contribution in [0.5, 0.6) is 0 Å². The van der Waals surface area contributed by atoms with E-state index in [0.29, 0.717) is 0 Å². The minimum Gasteiger partial charge on any atom is -0.380 e. The number of hydrogen-bond acceptors (Lipinski definition) is 2. The van der Waals surface area contributed by atoms with Crippen LogP contribution < -0.4 is 0 Å². The van der Waals surface area contributed by atoms with Crippen molar-refractivity contribution in [3.63, 3.8) is 0 Å². The molecule has 1 rings (SSSR count). The Morgan fingerprint density at radius 2 is 2.14 bits per heavy atom. The van der Waals surface area contributed by atoms with E-state index in [2.05, 4.69) is 0 Å². The van der Waals surface area contributed by atoms with E-state index in [1.165, 1.54) is 0 Å². The first-order chi connectivity index (χ1) is 6.72. The minimum absolute atomic E-state index is 0.148. The quantitative estimate of drug-likeness (QED) is 0.685. The number of urea groups is 1. The summed E-state index contributed by atoms with van der Waals surface area (Å²) in [6.07, 6.45) is 1.19. The number of methoxy groups -OCH3 is 1. The van der Waals surface area contributed by atoms with Gasteiger partial charge in [0.25, 0.3) is 0 Å². The number of carbonyl (C=O) groups excluding carboxylic acids is 1. The zero-order valence-corrected chi connectivity index (χ0v) is 9.32. The summed E-state index contributed by atoms with van der Waals surface area (Å²) in [5.41, 5.74) is 0. The van der Waals surface area contributed by atoms with Crippen LogP contribution in [0.4, 0.5) is 4.79 Å². The van der Waals surface area contributed by atoms with Crippen LogP contribution >= 0.6 is 0 Å². The molecule has 1 fully saturated rings. The van der Waals surface area contributed by atoms with Crippen LogP contribution in [0.2, 0.25) is 0 Å². The predicted octanol–water partition coefficient (Wildman–Crippen LogP) is 1.17. The molecule has 1 unspecified atom stereocenters. The number of carbonyl (C=O) groups is 1. The van der Waals surface area contributed by atoms with Crippen LogP contribution in [0.3, 0.4) is 0 Å². The van der Waals surface area contributed by atoms with Crippen LogP contribution in [-0.4, -0.2) is 55.2 Å². The number of likely N-dealkylation sites (tertiary alicyclic amines) is 1. The zero-order chi connectivity index (χ0) is 10.6. The van der Waals surface area contributed by atoms with Gasteiger partial charge in [0.2, 0.25) is 0 Å². The highest BCUT2D eigenvalue weighted by Gasteiger charge is 2.27. The van der Waals surface area contributed by atoms with Gasteiger partial charge < -0.3 is 14.5 Å². The van der Waals surface area contributed by atoms with E-state index in [1.807, 2.05) is 23.6 Å². The van der Waals surface area contributed by atoms with Crippen molar-refractivity contribution in [2.45, 2.75) is 26.4 Å². The Bertz CT molecular complexity index is 193. The Morgan fingerprint density at radius 3 is 2.57 bits per heavy atom. The van der Waals surface area contributed by atoms with Gasteiger partial charge in [-0.15, -0.1) is 0 Å². The zero-order valence-electron chi connectivity index (χ0n) is 9.32. The van der Waals surface area contributed by atoms with E-state index in [9.17, 15) is 4.79 Å². The molecule has 4 nitrogen and oxygen atoms in total. The molecule has 0 aromatic carbocycles. The van der Waals surface area contributed by atoms with E-state index in [-0.39, 0.29) is 12.1 Å². The molecular formula is C10H20N2O2. The summed E-state index contributed by atoms with van der Waals surface area (Å²) in [7, 11) is 1.70. The molecule has 1 heterocycles. The fourth-order valence-electron chi connectivity index (χ4n) is 1.79. The lowest BCUT2D eigenvalue weighted by atomic mass is 10.3. The van der Waals surface area contributed by atoms with E-state index < -0.39 is 0 Å². The number of nitrogens with zero attached hydrogens (tertiary/aromatic N) is 2. The van der Waals surface area contributed by atoms with Crippen molar-refractivity contribution in [3.8, 4) is 0 Å². The fourth-order valence-corrected chi connectivity index (χ4v) is 1.79. The molecule has 82 valence electrons. The van der Waals surface area contributed by atoms with Gasteiger partial charge in [0, 0.05) is 33.3 Å². The average molecular weight is 200 g/mol. The monoisotopic (exact) mass is 200 g/mol. The predicted molar refractivity (Wildman–Crippen MR) is 55.3 cm³/mol. The molecule has 2 amide bonds. The Labute approximate surface area is 85.8 Å². The van der Waals surface area contributed by atoms with Gasteiger partial charge in [0.05, 0.1) is 6.10 Å². The van der Waals surface area contributed by atoms with E-state index in [4.69, 9.17) is 4.74 Å². The number of ether oxygens (including phenoxy) is 1. The largest absolute Gasteiger partial charge is 0.380 e. The van der Waals surface area contributed by atoms with Crippen molar-refractivity contribution >= 4 is 6.03 Å². The van der Waals surface area contributed by atoms with Crippen molar-refractivity contribution in [2.24, 2.45) is 0 Å². The lowest BCUT2D eigenvalue weighted by Crippen LogP contribution is -2.42. The Balaban J connectivity index is 2.45.